The van der Waals surface area contributed by atoms with Crippen LogP contribution < -0.4 is 5.32 Å². The molecular formula is C15H19NO2. The van der Waals surface area contributed by atoms with Gasteiger partial charge in [0.1, 0.15) is 5.60 Å². The maximum atomic E-state index is 11.7. The zero-order valence-electron chi connectivity index (χ0n) is 11.1. The quantitative estimate of drug-likeness (QED) is 0.826. The van der Waals surface area contributed by atoms with Gasteiger partial charge in [-0.3, -0.25) is 0 Å². The summed E-state index contributed by atoms with van der Waals surface area (Å²) in [6.45, 7) is 9.02. The molecule has 0 aliphatic carbocycles. The first-order valence-electron chi connectivity index (χ1n) is 5.83. The second-order valence-electron chi connectivity index (χ2n) is 4.91. The Balaban J connectivity index is 2.76. The Bertz CT molecular complexity index is 439. The number of amides is 1. The van der Waals surface area contributed by atoms with Gasteiger partial charge in [0.05, 0.1) is 6.04 Å². The molecule has 0 aliphatic rings. The van der Waals surface area contributed by atoms with Crippen LogP contribution in [0.5, 0.6) is 0 Å². The molecule has 0 heterocycles. The monoisotopic (exact) mass is 245 g/mol. The van der Waals surface area contributed by atoms with Gasteiger partial charge in [-0.2, -0.15) is 0 Å². The molecule has 0 spiro atoms. The highest BCUT2D eigenvalue weighted by Gasteiger charge is 2.18. The van der Waals surface area contributed by atoms with E-state index in [0.29, 0.717) is 0 Å². The van der Waals surface area contributed by atoms with Gasteiger partial charge in [0.25, 0.3) is 0 Å². The summed E-state index contributed by atoms with van der Waals surface area (Å²) in [5.41, 5.74) is 3.14. The van der Waals surface area contributed by atoms with Crippen molar-refractivity contribution in [2.45, 2.75) is 32.4 Å². The third-order valence-corrected chi connectivity index (χ3v) is 2.12. The molecule has 1 aromatic carbocycles. The fourth-order valence-corrected chi connectivity index (χ4v) is 1.43. The maximum Gasteiger partial charge on any atom is 0.408 e. The lowest BCUT2D eigenvalue weighted by molar-refractivity contribution is 0.0514. The van der Waals surface area contributed by atoms with Gasteiger partial charge in [0.2, 0.25) is 0 Å². The third-order valence-electron chi connectivity index (χ3n) is 2.12. The molecule has 96 valence electrons. The minimum absolute atomic E-state index is 0.279. The SMILES string of the molecule is C=C=C[C@@H](NC(=O)OC(C)(C)C)c1ccccc1. The lowest BCUT2D eigenvalue weighted by atomic mass is 10.1. The first-order chi connectivity index (χ1) is 8.42. The van der Waals surface area contributed by atoms with E-state index in [1.54, 1.807) is 6.08 Å². The van der Waals surface area contributed by atoms with Gasteiger partial charge in [0.15, 0.2) is 0 Å². The Hall–Kier alpha value is -1.99. The summed E-state index contributed by atoms with van der Waals surface area (Å²) in [5, 5.41) is 2.77. The van der Waals surface area contributed by atoms with Crippen LogP contribution in [-0.2, 0) is 4.74 Å². The van der Waals surface area contributed by atoms with E-state index in [9.17, 15) is 4.79 Å². The van der Waals surface area contributed by atoms with E-state index in [2.05, 4.69) is 17.6 Å². The van der Waals surface area contributed by atoms with Crippen LogP contribution in [0.2, 0.25) is 0 Å². The number of carbonyl (C=O) groups excluding carboxylic acids is 1. The van der Waals surface area contributed by atoms with E-state index in [-0.39, 0.29) is 6.04 Å². The number of carbonyl (C=O) groups is 1. The number of rotatable bonds is 3. The summed E-state index contributed by atoms with van der Waals surface area (Å²) in [5.74, 6) is 0. The minimum atomic E-state index is -0.511. The predicted molar refractivity (Wildman–Crippen MR) is 72.3 cm³/mol. The molecule has 0 radical (unpaired) electrons. The van der Waals surface area contributed by atoms with Crippen LogP contribution >= 0.6 is 0 Å². The Morgan fingerprint density at radius 3 is 2.50 bits per heavy atom. The topological polar surface area (TPSA) is 38.3 Å². The lowest BCUT2D eigenvalue weighted by Gasteiger charge is -2.22. The molecule has 3 heteroatoms. The fourth-order valence-electron chi connectivity index (χ4n) is 1.43. The van der Waals surface area contributed by atoms with Gasteiger partial charge < -0.3 is 10.1 Å². The summed E-state index contributed by atoms with van der Waals surface area (Å²) >= 11 is 0. The number of nitrogens with one attached hydrogen (secondary N) is 1. The van der Waals surface area contributed by atoms with Crippen molar-refractivity contribution in [2.24, 2.45) is 0 Å². The number of benzene rings is 1. The van der Waals surface area contributed by atoms with E-state index >= 15 is 0 Å². The summed E-state index contributed by atoms with van der Waals surface area (Å²) in [4.78, 5) is 11.7. The average molecular weight is 245 g/mol. The summed E-state index contributed by atoms with van der Waals surface area (Å²) in [6, 6.07) is 9.32. The van der Waals surface area contributed by atoms with E-state index in [0.717, 1.165) is 5.56 Å². The second kappa shape index (κ2) is 6.08. The predicted octanol–water partition coefficient (Wildman–Crippen LogP) is 3.59. The van der Waals surface area contributed by atoms with Crippen molar-refractivity contribution in [1.29, 1.82) is 0 Å². The zero-order chi connectivity index (χ0) is 13.6. The zero-order valence-corrected chi connectivity index (χ0v) is 11.1. The molecule has 0 fully saturated rings. The Morgan fingerprint density at radius 2 is 2.00 bits per heavy atom. The molecule has 3 nitrogen and oxygen atoms in total. The van der Waals surface area contributed by atoms with Crippen LogP contribution in [0, 0.1) is 0 Å². The Kier molecular flexibility index (Phi) is 4.75. The molecule has 0 saturated heterocycles. The van der Waals surface area contributed by atoms with Gasteiger partial charge in [0, 0.05) is 0 Å². The fraction of sp³-hybridized carbons (Fsp3) is 0.333. The normalized spacial score (nSPS) is 12.2. The molecule has 0 bridgehead atoms. The molecule has 1 atom stereocenters. The highest BCUT2D eigenvalue weighted by molar-refractivity contribution is 5.68. The van der Waals surface area contributed by atoms with Crippen LogP contribution in [0.3, 0.4) is 0 Å². The molecule has 0 unspecified atom stereocenters. The number of hydrogen-bond acceptors (Lipinski definition) is 2. The minimum Gasteiger partial charge on any atom is -0.444 e. The van der Waals surface area contributed by atoms with Gasteiger partial charge in [-0.05, 0) is 32.4 Å². The highest BCUT2D eigenvalue weighted by atomic mass is 16.6. The Labute approximate surface area is 108 Å². The van der Waals surface area contributed by atoms with Crippen molar-refractivity contribution in [3.63, 3.8) is 0 Å². The molecule has 0 aliphatic heterocycles. The van der Waals surface area contributed by atoms with Crippen molar-refractivity contribution in [3.05, 3.63) is 54.3 Å². The molecule has 0 aromatic heterocycles. The molecular weight excluding hydrogens is 226 g/mol. The van der Waals surface area contributed by atoms with Crippen molar-refractivity contribution >= 4 is 6.09 Å². The van der Waals surface area contributed by atoms with Gasteiger partial charge >= 0.3 is 6.09 Å². The third kappa shape index (κ3) is 4.89. The van der Waals surface area contributed by atoms with E-state index in [4.69, 9.17) is 4.74 Å². The van der Waals surface area contributed by atoms with Crippen LogP contribution in [0.4, 0.5) is 4.79 Å². The van der Waals surface area contributed by atoms with Crippen molar-refractivity contribution in [3.8, 4) is 0 Å². The van der Waals surface area contributed by atoms with E-state index < -0.39 is 11.7 Å². The van der Waals surface area contributed by atoms with Crippen LogP contribution in [0.25, 0.3) is 0 Å². The number of alkyl carbamates (subject to hydrolysis) is 1. The lowest BCUT2D eigenvalue weighted by Crippen LogP contribution is -2.34. The first kappa shape index (κ1) is 14.1. The standard InChI is InChI=1S/C15H19NO2/c1-5-9-13(12-10-7-6-8-11-12)16-14(17)18-15(2,3)4/h6-11,13H,1H2,2-4H3,(H,16,17)/t13-/m1/s1. The molecule has 18 heavy (non-hydrogen) atoms. The summed E-state index contributed by atoms with van der Waals surface area (Å²) < 4.78 is 5.22. The maximum absolute atomic E-state index is 11.7. The van der Waals surface area contributed by atoms with Gasteiger partial charge in [-0.25, -0.2) is 4.79 Å². The van der Waals surface area contributed by atoms with Crippen LogP contribution in [0.15, 0.2) is 48.7 Å². The van der Waals surface area contributed by atoms with E-state index in [1.807, 2.05) is 51.1 Å². The first-order valence-corrected chi connectivity index (χ1v) is 5.83. The van der Waals surface area contributed by atoms with Gasteiger partial charge in [-0.15, -0.1) is 5.73 Å². The Morgan fingerprint density at radius 1 is 1.39 bits per heavy atom. The van der Waals surface area contributed by atoms with Gasteiger partial charge in [-0.1, -0.05) is 36.9 Å². The van der Waals surface area contributed by atoms with Crippen molar-refractivity contribution in [1.82, 2.24) is 5.32 Å². The largest absolute Gasteiger partial charge is 0.444 e. The molecule has 1 N–H and O–H groups in total. The van der Waals surface area contributed by atoms with Crippen LogP contribution in [0.1, 0.15) is 32.4 Å². The average Bonchev–Trinajstić information content (AvgIpc) is 2.27. The number of ether oxygens (including phenoxy) is 1. The van der Waals surface area contributed by atoms with Crippen molar-refractivity contribution < 1.29 is 9.53 Å². The summed E-state index contributed by atoms with van der Waals surface area (Å²) in [7, 11) is 0. The van der Waals surface area contributed by atoms with Crippen molar-refractivity contribution in [2.75, 3.05) is 0 Å². The van der Waals surface area contributed by atoms with Crippen LogP contribution in [-0.4, -0.2) is 11.7 Å². The van der Waals surface area contributed by atoms with E-state index in [1.165, 1.54) is 0 Å². The number of hydrogen-bond donors (Lipinski definition) is 1. The molecule has 1 amide bonds. The molecule has 1 rings (SSSR count). The smallest absolute Gasteiger partial charge is 0.408 e. The molecule has 0 saturated carbocycles. The molecule has 1 aromatic rings. The summed E-state index contributed by atoms with van der Waals surface area (Å²) in [6.07, 6.45) is 1.24. The second-order valence-corrected chi connectivity index (χ2v) is 4.91. The highest BCUT2D eigenvalue weighted by Crippen LogP contribution is 2.15.